The van der Waals surface area contributed by atoms with Crippen LogP contribution in [0.25, 0.3) is 0 Å². The van der Waals surface area contributed by atoms with Crippen molar-refractivity contribution in [1.29, 1.82) is 0 Å². The summed E-state index contributed by atoms with van der Waals surface area (Å²) in [5, 5.41) is 0. The minimum Gasteiger partial charge on any atom is -0.474 e. The van der Waals surface area contributed by atoms with Crippen LogP contribution in [-0.2, 0) is 30.4 Å². The first kappa shape index (κ1) is 26.9. The lowest BCUT2D eigenvalue weighted by Crippen LogP contribution is -2.51. The van der Waals surface area contributed by atoms with Crippen LogP contribution in [0.4, 0.5) is 18.0 Å². The third kappa shape index (κ3) is 6.39. The van der Waals surface area contributed by atoms with E-state index in [0.717, 1.165) is 18.4 Å². The first-order valence-corrected chi connectivity index (χ1v) is 13.6. The van der Waals surface area contributed by atoms with Crippen molar-refractivity contribution in [3.8, 4) is 5.88 Å². The lowest BCUT2D eigenvalue weighted by atomic mass is 9.84. The molecule has 0 aromatic carbocycles. The number of nitrogens with one attached hydrogen (secondary N) is 1. The Kier molecular flexibility index (Phi) is 7.98. The molecule has 0 radical (unpaired) electrons. The van der Waals surface area contributed by atoms with E-state index in [9.17, 15) is 26.4 Å². The van der Waals surface area contributed by atoms with Crippen LogP contribution in [0.1, 0.15) is 49.3 Å². The Morgan fingerprint density at radius 3 is 2.47 bits per heavy atom. The summed E-state index contributed by atoms with van der Waals surface area (Å²) < 4.78 is 89.1. The van der Waals surface area contributed by atoms with Crippen LogP contribution in [0, 0.1) is 0 Å². The van der Waals surface area contributed by atoms with E-state index in [4.69, 9.17) is 18.9 Å². The first-order chi connectivity index (χ1) is 16.9. The van der Waals surface area contributed by atoms with E-state index in [-0.39, 0.29) is 44.1 Å². The van der Waals surface area contributed by atoms with Gasteiger partial charge in [-0.1, -0.05) is 0 Å². The second-order valence-electron chi connectivity index (χ2n) is 9.28. The van der Waals surface area contributed by atoms with Crippen molar-refractivity contribution in [2.75, 3.05) is 33.2 Å². The van der Waals surface area contributed by atoms with Gasteiger partial charge in [0, 0.05) is 37.3 Å². The molecule has 14 heteroatoms. The average molecular weight is 538 g/mol. The van der Waals surface area contributed by atoms with Crippen molar-refractivity contribution < 1.29 is 45.3 Å². The van der Waals surface area contributed by atoms with Gasteiger partial charge in [-0.05, 0) is 31.7 Å². The lowest BCUT2D eigenvalue weighted by Gasteiger charge is -2.33. The van der Waals surface area contributed by atoms with E-state index in [1.54, 1.807) is 0 Å². The molecule has 4 aliphatic rings. The number of hydrogen-bond acceptors (Lipinski definition) is 8. The summed E-state index contributed by atoms with van der Waals surface area (Å²) in [4.78, 5) is 18.6. The number of halogens is 3. The van der Waals surface area contributed by atoms with Gasteiger partial charge in [0.15, 0.2) is 0 Å². The van der Waals surface area contributed by atoms with Gasteiger partial charge in [0.2, 0.25) is 15.9 Å². The molecule has 36 heavy (non-hydrogen) atoms. The highest BCUT2D eigenvalue weighted by atomic mass is 32.2. The fourth-order valence-corrected chi connectivity index (χ4v) is 5.84. The number of sulfonamides is 1. The predicted octanol–water partition coefficient (Wildman–Crippen LogP) is 2.64. The molecule has 5 rings (SSSR count). The van der Waals surface area contributed by atoms with E-state index in [1.807, 2.05) is 0 Å². The number of methoxy groups -OCH3 is 1. The Labute approximate surface area is 207 Å². The maximum Gasteiger partial charge on any atom is 0.416 e. The molecule has 202 valence electrons. The molecule has 1 aromatic rings. The van der Waals surface area contributed by atoms with Crippen molar-refractivity contribution in [2.45, 2.75) is 68.6 Å². The quantitative estimate of drug-likeness (QED) is 0.626. The molecular formula is C22H30F3N3O7S. The zero-order chi connectivity index (χ0) is 26.1. The fraction of sp³-hybridized carbons (Fsp3) is 0.727. The van der Waals surface area contributed by atoms with Crippen LogP contribution in [0.5, 0.6) is 5.88 Å². The zero-order valence-corrected chi connectivity index (χ0v) is 20.8. The molecular weight excluding hydrogens is 507 g/mol. The van der Waals surface area contributed by atoms with Crippen LogP contribution < -0.4 is 9.46 Å². The number of amides is 1. The molecule has 1 aromatic heterocycles. The highest BCUT2D eigenvalue weighted by Gasteiger charge is 2.46. The van der Waals surface area contributed by atoms with Gasteiger partial charge in [-0.2, -0.15) is 13.2 Å². The molecule has 1 saturated carbocycles. The summed E-state index contributed by atoms with van der Waals surface area (Å²) in [6.45, 7) is -0.438. The van der Waals surface area contributed by atoms with Crippen LogP contribution in [0.3, 0.4) is 0 Å². The first-order valence-electron chi connectivity index (χ1n) is 11.7. The number of nitrogens with zero attached hydrogens (tertiary/aromatic N) is 2. The summed E-state index contributed by atoms with van der Waals surface area (Å²) in [6, 6.07) is 0.577. The average Bonchev–Trinajstić information content (AvgIpc) is 3.15. The summed E-state index contributed by atoms with van der Waals surface area (Å²) in [5.41, 5.74) is -0.532. The van der Waals surface area contributed by atoms with E-state index < -0.39 is 46.2 Å². The largest absolute Gasteiger partial charge is 0.474 e. The monoisotopic (exact) mass is 537 g/mol. The standard InChI is InChI=1S/C22H30F3N3O7S/c1-32-20-11-17(27-36(2,30)31)18-12-35-15-5-3-13(4-6-15)16-9-14(22(23,24)25)10-19(26-16)33-7-8-34-21(29)28(18)20/h9-10,13,15,17-18,20,27H,3-8,11-12H2,1-2H3/t13?,15?,17-,18-,20+/m0/s1. The Balaban J connectivity index is 1.59. The molecule has 4 heterocycles. The summed E-state index contributed by atoms with van der Waals surface area (Å²) in [6.07, 6.45) is -2.75. The molecule has 3 aliphatic heterocycles. The van der Waals surface area contributed by atoms with Crippen molar-refractivity contribution >= 4 is 16.1 Å². The molecule has 1 aliphatic carbocycles. The van der Waals surface area contributed by atoms with Crippen LogP contribution >= 0.6 is 0 Å². The maximum absolute atomic E-state index is 13.5. The number of fused-ring (bicyclic) bond motifs is 7. The number of carbonyl (C=O) groups is 1. The number of hydrogen-bond donors (Lipinski definition) is 1. The third-order valence-corrected chi connectivity index (χ3v) is 7.47. The summed E-state index contributed by atoms with van der Waals surface area (Å²) >= 11 is 0. The number of alkyl halides is 3. The molecule has 1 amide bonds. The highest BCUT2D eigenvalue weighted by Crippen LogP contribution is 2.38. The lowest BCUT2D eigenvalue weighted by molar-refractivity contribution is -0.137. The number of carbonyl (C=O) groups excluding carboxylic acids is 1. The second kappa shape index (κ2) is 10.7. The highest BCUT2D eigenvalue weighted by molar-refractivity contribution is 7.88. The third-order valence-electron chi connectivity index (χ3n) is 6.74. The van der Waals surface area contributed by atoms with E-state index in [2.05, 4.69) is 9.71 Å². The second-order valence-corrected chi connectivity index (χ2v) is 11.1. The van der Waals surface area contributed by atoms with Crippen molar-refractivity contribution in [3.63, 3.8) is 0 Å². The van der Waals surface area contributed by atoms with E-state index in [0.29, 0.717) is 31.4 Å². The van der Waals surface area contributed by atoms with E-state index >= 15 is 0 Å². The molecule has 3 atom stereocenters. The van der Waals surface area contributed by atoms with Gasteiger partial charge >= 0.3 is 12.3 Å². The number of rotatable bonds is 3. The van der Waals surface area contributed by atoms with Gasteiger partial charge in [0.25, 0.3) is 0 Å². The SMILES string of the molecule is CO[C@@H]1C[C@H](NS(C)(=O)=O)[C@@H]2COC3CCC(CC3)c3cc(C(F)(F)F)cc(n3)OCCOC(=O)N12. The van der Waals surface area contributed by atoms with Crippen molar-refractivity contribution in [3.05, 3.63) is 23.4 Å². The molecule has 2 fully saturated rings. The molecule has 0 spiro atoms. The Hall–Kier alpha value is -2.16. The van der Waals surface area contributed by atoms with Gasteiger partial charge in [0.05, 0.1) is 30.6 Å². The minimum atomic E-state index is -4.56. The van der Waals surface area contributed by atoms with Crippen LogP contribution in [-0.4, -0.2) is 82.0 Å². The fourth-order valence-electron chi connectivity index (χ4n) is 5.04. The molecule has 0 unspecified atom stereocenters. The van der Waals surface area contributed by atoms with Gasteiger partial charge in [0.1, 0.15) is 19.4 Å². The van der Waals surface area contributed by atoms with Gasteiger partial charge in [-0.15, -0.1) is 0 Å². The number of ether oxygens (including phenoxy) is 4. The number of pyridine rings is 1. The van der Waals surface area contributed by atoms with Gasteiger partial charge in [-0.3, -0.25) is 4.90 Å². The smallest absolute Gasteiger partial charge is 0.416 e. The topological polar surface area (TPSA) is 116 Å². The number of aromatic nitrogens is 1. The molecule has 10 nitrogen and oxygen atoms in total. The Morgan fingerprint density at radius 1 is 1.14 bits per heavy atom. The van der Waals surface area contributed by atoms with Crippen LogP contribution in [0.2, 0.25) is 0 Å². The zero-order valence-electron chi connectivity index (χ0n) is 20.0. The summed E-state index contributed by atoms with van der Waals surface area (Å²) in [7, 11) is -2.18. The maximum atomic E-state index is 13.5. The van der Waals surface area contributed by atoms with Crippen LogP contribution in [0.15, 0.2) is 12.1 Å². The Morgan fingerprint density at radius 2 is 1.83 bits per heavy atom. The molecule has 4 bridgehead atoms. The predicted molar refractivity (Wildman–Crippen MR) is 120 cm³/mol. The summed E-state index contributed by atoms with van der Waals surface area (Å²) in [5.74, 6) is -0.367. The van der Waals surface area contributed by atoms with E-state index in [1.165, 1.54) is 12.0 Å². The van der Waals surface area contributed by atoms with Gasteiger partial charge in [-0.25, -0.2) is 22.9 Å². The normalized spacial score (nSPS) is 30.0. The molecule has 1 saturated heterocycles. The van der Waals surface area contributed by atoms with Gasteiger partial charge < -0.3 is 18.9 Å². The minimum absolute atomic E-state index is 0.0416. The Bertz CT molecular complexity index is 1050. The van der Waals surface area contributed by atoms with Crippen molar-refractivity contribution in [2.24, 2.45) is 0 Å². The molecule has 1 N–H and O–H groups in total. The van der Waals surface area contributed by atoms with Crippen molar-refractivity contribution in [1.82, 2.24) is 14.6 Å².